The summed E-state index contributed by atoms with van der Waals surface area (Å²) in [6.07, 6.45) is 2.00. The fourth-order valence-corrected chi connectivity index (χ4v) is 7.89. The van der Waals surface area contributed by atoms with E-state index >= 15 is 0 Å². The summed E-state index contributed by atoms with van der Waals surface area (Å²) in [5.41, 5.74) is 3.29. The molecule has 0 unspecified atom stereocenters. The van der Waals surface area contributed by atoms with Crippen molar-refractivity contribution in [1.29, 1.82) is 0 Å². The molecule has 0 aliphatic rings. The average Bonchev–Trinajstić information content (AvgIpc) is 3.35. The summed E-state index contributed by atoms with van der Waals surface area (Å²) in [5.74, 6) is 0.264. The van der Waals surface area contributed by atoms with Crippen LogP contribution in [0, 0.1) is 0 Å². The summed E-state index contributed by atoms with van der Waals surface area (Å²) < 4.78 is 91.9. The number of hydrogen-bond donors (Lipinski definition) is 6. The zero-order valence-corrected chi connectivity index (χ0v) is 41.9. The third kappa shape index (κ3) is 16.2. The zero-order chi connectivity index (χ0) is 52.7. The Labute approximate surface area is 421 Å². The van der Waals surface area contributed by atoms with Crippen LogP contribution in [0.5, 0.6) is 34.5 Å². The molecule has 0 fully saturated rings. The molecule has 0 aliphatic carbocycles. The first-order valence-corrected chi connectivity index (χ1v) is 25.5. The minimum atomic E-state index is -3.69. The quantitative estimate of drug-likeness (QED) is 0.0367. The number of amides is 4. The molecule has 73 heavy (non-hydrogen) atoms. The molecule has 384 valence electrons. The zero-order valence-electron chi connectivity index (χ0n) is 40.3. The van der Waals surface area contributed by atoms with Crippen molar-refractivity contribution in [1.82, 2.24) is 0 Å². The molecule has 0 heterocycles. The first-order chi connectivity index (χ1) is 34.8. The normalized spacial score (nSPS) is 11.0. The van der Waals surface area contributed by atoms with E-state index in [1.54, 1.807) is 36.4 Å². The highest BCUT2D eigenvalue weighted by atomic mass is 32.2. The van der Waals surface area contributed by atoms with Gasteiger partial charge in [0.25, 0.3) is 11.8 Å². The van der Waals surface area contributed by atoms with Crippen LogP contribution in [0.4, 0.5) is 34.1 Å². The third-order valence-electron chi connectivity index (χ3n) is 10.1. The molecule has 4 amide bonds. The molecule has 6 aromatic rings. The summed E-state index contributed by atoms with van der Waals surface area (Å²) in [6, 6.07) is 31.1. The lowest BCUT2D eigenvalue weighted by molar-refractivity contribution is -0.125. The maximum absolute atomic E-state index is 13.2. The number of benzene rings is 6. The molecule has 6 N–H and O–H groups in total. The smallest absolute Gasteiger partial charge is 0.255 e. The van der Waals surface area contributed by atoms with Gasteiger partial charge in [-0.05, 0) is 109 Å². The first-order valence-electron chi connectivity index (χ1n) is 21.7. The van der Waals surface area contributed by atoms with Gasteiger partial charge in [0.15, 0.2) is 0 Å². The average molecular weight is 1040 g/mol. The molecular weight excluding hydrogens is 989 g/mol. The van der Waals surface area contributed by atoms with Gasteiger partial charge < -0.3 is 54.4 Å². The SMILES string of the molecule is COc1ccc(OC)c(COc2cc(NC(=O)c3ccc(NC(=O)COCC(=O)Nc4ccc(C(=O)Nc5ccc(NS(C)(=O)=O)c(OCc6cc(OC)ccc6OC)c5)cc4)cc3)ccc2NS(C)(=O)=O)c1. The van der Waals surface area contributed by atoms with E-state index in [2.05, 4.69) is 30.7 Å². The summed E-state index contributed by atoms with van der Waals surface area (Å²) in [4.78, 5) is 51.7. The van der Waals surface area contributed by atoms with Gasteiger partial charge in [0, 0.05) is 57.1 Å². The number of sulfonamides is 2. The highest BCUT2D eigenvalue weighted by Gasteiger charge is 2.17. The second-order valence-corrected chi connectivity index (χ2v) is 19.3. The van der Waals surface area contributed by atoms with Crippen molar-refractivity contribution < 1.29 is 69.2 Å². The Morgan fingerprint density at radius 1 is 0.425 bits per heavy atom. The maximum Gasteiger partial charge on any atom is 0.255 e. The summed E-state index contributed by atoms with van der Waals surface area (Å²) in [7, 11) is -1.33. The van der Waals surface area contributed by atoms with Crippen molar-refractivity contribution in [3.05, 3.63) is 144 Å². The van der Waals surface area contributed by atoms with Crippen LogP contribution in [-0.2, 0) is 47.6 Å². The molecule has 0 bridgehead atoms. The van der Waals surface area contributed by atoms with E-state index in [-0.39, 0.29) is 47.2 Å². The molecule has 0 atom stereocenters. The number of rotatable bonds is 24. The van der Waals surface area contributed by atoms with Crippen LogP contribution >= 0.6 is 0 Å². The fraction of sp³-hybridized carbons (Fsp3) is 0.200. The fourth-order valence-electron chi connectivity index (χ4n) is 6.75. The molecule has 0 aromatic heterocycles. The molecule has 6 rings (SSSR count). The number of methoxy groups -OCH3 is 4. The number of carbonyl (C=O) groups excluding carboxylic acids is 4. The van der Waals surface area contributed by atoms with Gasteiger partial charge in [0.05, 0.1) is 52.3 Å². The number of nitrogens with one attached hydrogen (secondary N) is 6. The van der Waals surface area contributed by atoms with Crippen LogP contribution in [0.2, 0.25) is 0 Å². The molecular formula is C50H52N6O15S2. The molecule has 6 aromatic carbocycles. The molecule has 0 saturated carbocycles. The lowest BCUT2D eigenvalue weighted by Crippen LogP contribution is -2.24. The number of hydrogen-bond acceptors (Lipinski definition) is 15. The Hall–Kier alpha value is -8.54. The molecule has 0 saturated heterocycles. The maximum atomic E-state index is 13.2. The van der Waals surface area contributed by atoms with Crippen molar-refractivity contribution in [2.75, 3.05) is 84.9 Å². The van der Waals surface area contributed by atoms with Crippen molar-refractivity contribution in [3.8, 4) is 34.5 Å². The largest absolute Gasteiger partial charge is 0.497 e. The predicted molar refractivity (Wildman–Crippen MR) is 274 cm³/mol. The monoisotopic (exact) mass is 1040 g/mol. The van der Waals surface area contributed by atoms with Crippen LogP contribution in [0.25, 0.3) is 0 Å². The van der Waals surface area contributed by atoms with Gasteiger partial charge in [0.2, 0.25) is 31.9 Å². The molecule has 0 spiro atoms. The summed E-state index contributed by atoms with van der Waals surface area (Å²) in [5, 5.41) is 10.8. The first kappa shape index (κ1) is 53.8. The van der Waals surface area contributed by atoms with Gasteiger partial charge in [-0.3, -0.25) is 28.6 Å². The molecule has 21 nitrogen and oxygen atoms in total. The van der Waals surface area contributed by atoms with Crippen molar-refractivity contribution in [2.24, 2.45) is 0 Å². The Morgan fingerprint density at radius 3 is 1.14 bits per heavy atom. The second-order valence-electron chi connectivity index (χ2n) is 15.8. The van der Waals surface area contributed by atoms with Crippen LogP contribution in [0.15, 0.2) is 121 Å². The Balaban J connectivity index is 0.966. The molecule has 0 radical (unpaired) electrons. The van der Waals surface area contributed by atoms with Gasteiger partial charge in [-0.15, -0.1) is 0 Å². The van der Waals surface area contributed by atoms with Gasteiger partial charge in [0.1, 0.15) is 60.9 Å². The van der Waals surface area contributed by atoms with Crippen LogP contribution in [0.1, 0.15) is 31.8 Å². The van der Waals surface area contributed by atoms with E-state index < -0.39 is 56.9 Å². The number of anilines is 6. The van der Waals surface area contributed by atoms with E-state index in [1.807, 2.05) is 0 Å². The van der Waals surface area contributed by atoms with E-state index in [0.717, 1.165) is 12.5 Å². The minimum absolute atomic E-state index is 0.0263. The van der Waals surface area contributed by atoms with Gasteiger partial charge in [-0.1, -0.05) is 0 Å². The predicted octanol–water partition coefficient (Wildman–Crippen LogP) is 6.72. The van der Waals surface area contributed by atoms with Crippen LogP contribution in [-0.4, -0.2) is 94.6 Å². The van der Waals surface area contributed by atoms with Gasteiger partial charge in [-0.25, -0.2) is 16.8 Å². The Morgan fingerprint density at radius 2 is 0.795 bits per heavy atom. The third-order valence-corrected chi connectivity index (χ3v) is 11.3. The highest BCUT2D eigenvalue weighted by Crippen LogP contribution is 2.34. The number of ether oxygens (including phenoxy) is 7. The lowest BCUT2D eigenvalue weighted by atomic mass is 10.1. The van der Waals surface area contributed by atoms with Gasteiger partial charge >= 0.3 is 0 Å². The van der Waals surface area contributed by atoms with E-state index in [0.29, 0.717) is 56.9 Å². The summed E-state index contributed by atoms with van der Waals surface area (Å²) >= 11 is 0. The minimum Gasteiger partial charge on any atom is -0.497 e. The van der Waals surface area contributed by atoms with Crippen LogP contribution < -0.4 is 59.1 Å². The molecule has 23 heteroatoms. The van der Waals surface area contributed by atoms with Crippen LogP contribution in [0.3, 0.4) is 0 Å². The number of carbonyl (C=O) groups is 4. The summed E-state index contributed by atoms with van der Waals surface area (Å²) in [6.45, 7) is -0.995. The van der Waals surface area contributed by atoms with Crippen molar-refractivity contribution in [2.45, 2.75) is 13.2 Å². The second kappa shape index (κ2) is 24.5. The Kier molecular flexibility index (Phi) is 18.1. The standard InChI is InChI=1S/C50H52N6O15S2/c1-65-39-17-21-43(67-3)33(23-39)27-70-45-25-37(15-19-41(45)55-72(5,61)62)53-49(59)31-7-11-35(12-8-31)51-47(57)29-69-30-48(58)52-36-13-9-32(10-14-36)50(60)54-38-16-20-42(56-73(6,63)64)46(26-38)71-28-34-24-40(66-2)18-22-44(34)68-4/h7-26,55-56H,27-30H2,1-6H3,(H,51,57)(H,52,58)(H,53,59)(H,54,60). The highest BCUT2D eigenvalue weighted by molar-refractivity contribution is 7.92. The Bertz CT molecular complexity index is 2980. The van der Waals surface area contributed by atoms with Crippen molar-refractivity contribution >= 4 is 77.8 Å². The molecule has 0 aliphatic heterocycles. The topological polar surface area (TPSA) is 273 Å². The van der Waals surface area contributed by atoms with Crippen molar-refractivity contribution in [3.63, 3.8) is 0 Å². The lowest BCUT2D eigenvalue weighted by Gasteiger charge is -2.16. The van der Waals surface area contributed by atoms with Gasteiger partial charge in [-0.2, -0.15) is 0 Å². The van der Waals surface area contributed by atoms with E-state index in [4.69, 9.17) is 33.2 Å². The van der Waals surface area contributed by atoms with E-state index in [1.165, 1.54) is 113 Å². The van der Waals surface area contributed by atoms with E-state index in [9.17, 15) is 36.0 Å².